The number of hydrogen-bond acceptors (Lipinski definition) is 5. The smallest absolute Gasteiger partial charge is 0.180 e. The largest absolute Gasteiger partial charge is 0.493 e. The van der Waals surface area contributed by atoms with Crippen LogP contribution in [0.2, 0.25) is 0 Å². The van der Waals surface area contributed by atoms with Crippen LogP contribution in [0.5, 0.6) is 5.75 Å². The van der Waals surface area contributed by atoms with Crippen LogP contribution in [0.4, 0.5) is 5.69 Å². The van der Waals surface area contributed by atoms with Crippen molar-refractivity contribution >= 4 is 5.69 Å². The minimum Gasteiger partial charge on any atom is -0.493 e. The van der Waals surface area contributed by atoms with E-state index in [0.29, 0.717) is 30.3 Å². The Hall–Kier alpha value is -2.55. The van der Waals surface area contributed by atoms with E-state index >= 15 is 0 Å². The van der Waals surface area contributed by atoms with Crippen molar-refractivity contribution in [2.75, 3.05) is 18.5 Å². The van der Waals surface area contributed by atoms with Gasteiger partial charge in [0, 0.05) is 35.7 Å². The highest BCUT2D eigenvalue weighted by atomic mass is 16.5. The monoisotopic (exact) mass is 352 g/mol. The van der Waals surface area contributed by atoms with Gasteiger partial charge in [0.2, 0.25) is 0 Å². The lowest BCUT2D eigenvalue weighted by molar-refractivity contribution is -0.0419. The van der Waals surface area contributed by atoms with E-state index < -0.39 is 6.29 Å². The maximum atomic E-state index is 9.47. The summed E-state index contributed by atoms with van der Waals surface area (Å²) in [4.78, 5) is 4.06. The number of benzene rings is 1. The molecule has 1 atom stereocenters. The van der Waals surface area contributed by atoms with E-state index in [1.54, 1.807) is 18.5 Å². The van der Waals surface area contributed by atoms with Gasteiger partial charge in [-0.1, -0.05) is 31.8 Å². The molecular formula is C21H24N2O3. The van der Waals surface area contributed by atoms with Gasteiger partial charge in [-0.3, -0.25) is 4.98 Å². The molecule has 0 saturated heterocycles. The first-order valence-corrected chi connectivity index (χ1v) is 8.87. The van der Waals surface area contributed by atoms with Crippen LogP contribution in [0.1, 0.15) is 49.2 Å². The first-order valence-electron chi connectivity index (χ1n) is 8.87. The van der Waals surface area contributed by atoms with Crippen LogP contribution in [-0.4, -0.2) is 28.3 Å². The van der Waals surface area contributed by atoms with Gasteiger partial charge in [0.25, 0.3) is 0 Å². The number of ether oxygens (including phenoxy) is 1. The van der Waals surface area contributed by atoms with E-state index in [2.05, 4.69) is 42.1 Å². The Labute approximate surface area is 154 Å². The van der Waals surface area contributed by atoms with Crippen LogP contribution in [0, 0.1) is 17.8 Å². The fourth-order valence-electron chi connectivity index (χ4n) is 2.99. The number of nitrogens with one attached hydrogen (secondary N) is 1. The number of anilines is 1. The molecule has 1 aliphatic heterocycles. The summed E-state index contributed by atoms with van der Waals surface area (Å²) in [6, 6.07) is 7.72. The van der Waals surface area contributed by atoms with Crippen molar-refractivity contribution in [2.24, 2.45) is 5.92 Å². The van der Waals surface area contributed by atoms with E-state index in [-0.39, 0.29) is 5.92 Å². The van der Waals surface area contributed by atoms with Gasteiger partial charge in [0.1, 0.15) is 5.75 Å². The van der Waals surface area contributed by atoms with Crippen LogP contribution >= 0.6 is 0 Å². The average molecular weight is 352 g/mol. The first kappa shape index (κ1) is 18.2. The molecule has 1 unspecified atom stereocenters. The molecule has 0 radical (unpaired) electrons. The second-order valence-electron chi connectivity index (χ2n) is 6.73. The van der Waals surface area contributed by atoms with Crippen molar-refractivity contribution in [3.05, 3.63) is 53.3 Å². The lowest BCUT2D eigenvalue weighted by Gasteiger charge is -2.27. The summed E-state index contributed by atoms with van der Waals surface area (Å²) in [6.45, 7) is 5.46. The highest BCUT2D eigenvalue weighted by Crippen LogP contribution is 2.34. The molecule has 5 nitrogen and oxygen atoms in total. The molecule has 136 valence electrons. The zero-order valence-corrected chi connectivity index (χ0v) is 15.1. The number of pyridine rings is 1. The van der Waals surface area contributed by atoms with Crippen molar-refractivity contribution in [2.45, 2.75) is 32.5 Å². The Morgan fingerprint density at radius 1 is 1.31 bits per heavy atom. The van der Waals surface area contributed by atoms with E-state index in [9.17, 15) is 10.2 Å². The molecule has 1 aliphatic rings. The Balaban J connectivity index is 1.75. The van der Waals surface area contributed by atoms with Crippen molar-refractivity contribution in [3.8, 4) is 17.6 Å². The van der Waals surface area contributed by atoms with Crippen LogP contribution < -0.4 is 10.1 Å². The molecule has 5 heteroatoms. The van der Waals surface area contributed by atoms with E-state index in [0.717, 1.165) is 23.3 Å². The third-order valence-electron chi connectivity index (χ3n) is 4.35. The molecule has 0 saturated carbocycles. The van der Waals surface area contributed by atoms with Gasteiger partial charge in [0.05, 0.1) is 18.5 Å². The summed E-state index contributed by atoms with van der Waals surface area (Å²) in [7, 11) is 0. The van der Waals surface area contributed by atoms with Crippen molar-refractivity contribution in [1.82, 2.24) is 4.98 Å². The zero-order valence-electron chi connectivity index (χ0n) is 15.1. The standard InChI is InChI=1S/C21H24N2O3/c1-14(2)3-4-15-5-6-17-16(8-10-26-20(17)11-15)12-23-19-13-22-9-7-18(19)21(24)25/h5-7,9,11,13-14,16,21,23-25H,8,10,12H2,1-2H3. The molecule has 0 amide bonds. The minimum absolute atomic E-state index is 0.273. The van der Waals surface area contributed by atoms with Gasteiger partial charge < -0.3 is 20.3 Å². The summed E-state index contributed by atoms with van der Waals surface area (Å²) < 4.78 is 5.83. The second-order valence-corrected chi connectivity index (χ2v) is 6.73. The van der Waals surface area contributed by atoms with Gasteiger partial charge in [-0.25, -0.2) is 0 Å². The molecule has 1 aromatic carbocycles. The highest BCUT2D eigenvalue weighted by molar-refractivity contribution is 5.51. The molecule has 3 rings (SSSR count). The Morgan fingerprint density at radius 3 is 2.92 bits per heavy atom. The molecular weight excluding hydrogens is 328 g/mol. The lowest BCUT2D eigenvalue weighted by Crippen LogP contribution is -2.21. The number of aliphatic hydroxyl groups excluding tert-OH is 1. The van der Waals surface area contributed by atoms with Gasteiger partial charge in [0.15, 0.2) is 6.29 Å². The number of aromatic nitrogens is 1. The quantitative estimate of drug-likeness (QED) is 0.582. The van der Waals surface area contributed by atoms with Gasteiger partial charge in [-0.2, -0.15) is 0 Å². The molecule has 26 heavy (non-hydrogen) atoms. The SMILES string of the molecule is CC(C)C#Cc1ccc2c(c1)OCCC2CNc1cnccc1C(O)O. The predicted octanol–water partition coefficient (Wildman–Crippen LogP) is 3.05. The number of rotatable bonds is 4. The number of hydrogen-bond donors (Lipinski definition) is 3. The predicted molar refractivity (Wildman–Crippen MR) is 101 cm³/mol. The molecule has 0 spiro atoms. The minimum atomic E-state index is -1.52. The van der Waals surface area contributed by atoms with E-state index in [1.165, 1.54) is 0 Å². The fraction of sp³-hybridized carbons (Fsp3) is 0.381. The maximum Gasteiger partial charge on any atom is 0.180 e. The van der Waals surface area contributed by atoms with E-state index in [1.807, 2.05) is 12.1 Å². The average Bonchev–Trinajstić information content (AvgIpc) is 2.64. The number of nitrogens with zero attached hydrogens (tertiary/aromatic N) is 1. The molecule has 1 aromatic heterocycles. The zero-order chi connectivity index (χ0) is 18.5. The molecule has 0 bridgehead atoms. The van der Waals surface area contributed by atoms with Crippen molar-refractivity contribution in [1.29, 1.82) is 0 Å². The summed E-state index contributed by atoms with van der Waals surface area (Å²) in [5, 5.41) is 22.2. The van der Waals surface area contributed by atoms with Gasteiger partial charge >= 0.3 is 0 Å². The number of aliphatic hydroxyl groups is 2. The molecule has 2 heterocycles. The normalized spacial score (nSPS) is 15.8. The molecule has 0 aliphatic carbocycles. The van der Waals surface area contributed by atoms with Crippen LogP contribution in [0.25, 0.3) is 0 Å². The first-order chi connectivity index (χ1) is 12.5. The summed E-state index contributed by atoms with van der Waals surface area (Å²) in [5.74, 6) is 7.84. The Kier molecular flexibility index (Phi) is 5.77. The summed E-state index contributed by atoms with van der Waals surface area (Å²) in [6.07, 6.45) is 2.53. The van der Waals surface area contributed by atoms with Crippen LogP contribution in [0.15, 0.2) is 36.7 Å². The molecule has 3 N–H and O–H groups in total. The third kappa shape index (κ3) is 4.34. The second kappa shape index (κ2) is 8.22. The van der Waals surface area contributed by atoms with E-state index in [4.69, 9.17) is 4.74 Å². The Morgan fingerprint density at radius 2 is 2.15 bits per heavy atom. The van der Waals surface area contributed by atoms with Gasteiger partial charge in [-0.05, 0) is 30.2 Å². The summed E-state index contributed by atoms with van der Waals surface area (Å²) >= 11 is 0. The van der Waals surface area contributed by atoms with Crippen molar-refractivity contribution in [3.63, 3.8) is 0 Å². The number of fused-ring (bicyclic) bond motifs is 1. The summed E-state index contributed by atoms with van der Waals surface area (Å²) in [5.41, 5.74) is 3.17. The molecule has 2 aromatic rings. The highest BCUT2D eigenvalue weighted by Gasteiger charge is 2.22. The topological polar surface area (TPSA) is 74.6 Å². The Bertz CT molecular complexity index is 821. The lowest BCUT2D eigenvalue weighted by atomic mass is 9.92. The van der Waals surface area contributed by atoms with Crippen LogP contribution in [-0.2, 0) is 0 Å². The van der Waals surface area contributed by atoms with Gasteiger partial charge in [-0.15, -0.1) is 0 Å². The maximum absolute atomic E-state index is 9.47. The third-order valence-corrected chi connectivity index (χ3v) is 4.35. The van der Waals surface area contributed by atoms with Crippen molar-refractivity contribution < 1.29 is 14.9 Å². The molecule has 0 fully saturated rings. The van der Waals surface area contributed by atoms with Crippen LogP contribution in [0.3, 0.4) is 0 Å². The fourth-order valence-corrected chi connectivity index (χ4v) is 2.99.